The van der Waals surface area contributed by atoms with Crippen LogP contribution in [0.5, 0.6) is 0 Å². The largest absolute Gasteiger partial charge is 0.456 e. The van der Waals surface area contributed by atoms with Gasteiger partial charge in [-0.25, -0.2) is 0 Å². The van der Waals surface area contributed by atoms with Crippen molar-refractivity contribution in [2.75, 3.05) is 6.61 Å². The van der Waals surface area contributed by atoms with Gasteiger partial charge in [-0.15, -0.1) is 0 Å². The highest BCUT2D eigenvalue weighted by Crippen LogP contribution is 2.28. The van der Waals surface area contributed by atoms with Crippen molar-refractivity contribution in [3.63, 3.8) is 0 Å². The van der Waals surface area contributed by atoms with Gasteiger partial charge < -0.3 is 14.2 Å². The second kappa shape index (κ2) is 5.30. The molecule has 5 nitrogen and oxygen atoms in total. The lowest BCUT2D eigenvalue weighted by Crippen LogP contribution is -2.48. The summed E-state index contributed by atoms with van der Waals surface area (Å²) in [7, 11) is 0. The van der Waals surface area contributed by atoms with Gasteiger partial charge in [-0.2, -0.15) is 0 Å². The topological polar surface area (TPSA) is 61.8 Å². The van der Waals surface area contributed by atoms with E-state index in [-0.39, 0.29) is 11.8 Å². The first kappa shape index (κ1) is 13.0. The molecular formula is C11H18O5. The molecule has 1 saturated heterocycles. The average molecular weight is 230 g/mol. The van der Waals surface area contributed by atoms with E-state index in [9.17, 15) is 9.59 Å². The number of rotatable bonds is 2. The van der Waals surface area contributed by atoms with Gasteiger partial charge in [-0.3, -0.25) is 9.59 Å². The summed E-state index contributed by atoms with van der Waals surface area (Å²) in [6.45, 7) is 7.09. The molecule has 1 rings (SSSR count). The number of ether oxygens (including phenoxy) is 3. The van der Waals surface area contributed by atoms with Crippen molar-refractivity contribution in [3.8, 4) is 0 Å². The number of esters is 2. The Labute approximate surface area is 95.0 Å². The third kappa shape index (κ3) is 3.20. The zero-order valence-electron chi connectivity index (χ0n) is 10.1. The van der Waals surface area contributed by atoms with Crippen molar-refractivity contribution < 1.29 is 23.8 Å². The Hall–Kier alpha value is -1.10. The Morgan fingerprint density at radius 2 is 1.69 bits per heavy atom. The Bertz CT molecular complexity index is 276. The van der Waals surface area contributed by atoms with E-state index in [1.54, 1.807) is 0 Å². The van der Waals surface area contributed by atoms with Crippen LogP contribution in [-0.4, -0.2) is 30.9 Å². The smallest absolute Gasteiger partial charge is 0.305 e. The van der Waals surface area contributed by atoms with E-state index in [4.69, 9.17) is 14.2 Å². The van der Waals surface area contributed by atoms with Gasteiger partial charge in [0, 0.05) is 19.8 Å². The van der Waals surface area contributed by atoms with Gasteiger partial charge in [0.25, 0.3) is 0 Å². The molecule has 0 aromatic rings. The van der Waals surface area contributed by atoms with Crippen LogP contribution in [0.1, 0.15) is 27.7 Å². The lowest BCUT2D eigenvalue weighted by atomic mass is 9.88. The van der Waals surface area contributed by atoms with Gasteiger partial charge in [0.2, 0.25) is 6.29 Å². The molecule has 0 aliphatic carbocycles. The standard InChI is InChI=1S/C11H18O5/c1-6-5-14-11(16-9(4)13)10(7(6)2)15-8(3)12/h6-7,10-11H,5H2,1-4H3/t6-,7+,10-,11+/m1/s1. The molecule has 1 aliphatic rings. The third-order valence-corrected chi connectivity index (χ3v) is 2.79. The predicted octanol–water partition coefficient (Wildman–Crippen LogP) is 1.11. The van der Waals surface area contributed by atoms with Gasteiger partial charge in [-0.05, 0) is 5.92 Å². The molecular weight excluding hydrogens is 212 g/mol. The number of carbonyl (C=O) groups is 2. The first-order valence-electron chi connectivity index (χ1n) is 5.38. The van der Waals surface area contributed by atoms with Gasteiger partial charge in [-0.1, -0.05) is 13.8 Å². The van der Waals surface area contributed by atoms with Crippen molar-refractivity contribution in [3.05, 3.63) is 0 Å². The van der Waals surface area contributed by atoms with E-state index in [1.807, 2.05) is 13.8 Å². The minimum absolute atomic E-state index is 0.0991. The summed E-state index contributed by atoms with van der Waals surface area (Å²) in [4.78, 5) is 21.9. The van der Waals surface area contributed by atoms with Gasteiger partial charge in [0.05, 0.1) is 6.61 Å². The molecule has 0 saturated carbocycles. The SMILES string of the molecule is CC(=O)O[C@@H]1OC[C@@H](C)[C@H](C)[C@H]1OC(C)=O. The van der Waals surface area contributed by atoms with E-state index in [1.165, 1.54) is 13.8 Å². The average Bonchev–Trinajstić information content (AvgIpc) is 2.16. The Morgan fingerprint density at radius 1 is 1.12 bits per heavy atom. The lowest BCUT2D eigenvalue weighted by Gasteiger charge is -2.38. The number of hydrogen-bond acceptors (Lipinski definition) is 5. The molecule has 1 aliphatic heterocycles. The van der Waals surface area contributed by atoms with Crippen LogP contribution in [0.4, 0.5) is 0 Å². The Kier molecular flexibility index (Phi) is 4.29. The molecule has 1 fully saturated rings. The second-order valence-electron chi connectivity index (χ2n) is 4.22. The van der Waals surface area contributed by atoms with Crippen molar-refractivity contribution in [2.45, 2.75) is 40.1 Å². The van der Waals surface area contributed by atoms with Crippen LogP contribution in [0.3, 0.4) is 0 Å². The molecule has 1 heterocycles. The van der Waals surface area contributed by atoms with E-state index < -0.39 is 24.3 Å². The zero-order chi connectivity index (χ0) is 12.3. The number of hydrogen-bond donors (Lipinski definition) is 0. The van der Waals surface area contributed by atoms with Crippen LogP contribution < -0.4 is 0 Å². The molecule has 0 aromatic heterocycles. The molecule has 0 bridgehead atoms. The van der Waals surface area contributed by atoms with E-state index in [0.29, 0.717) is 6.61 Å². The van der Waals surface area contributed by atoms with Crippen molar-refractivity contribution >= 4 is 11.9 Å². The highest BCUT2D eigenvalue weighted by molar-refractivity contribution is 5.67. The highest BCUT2D eigenvalue weighted by Gasteiger charge is 2.40. The monoisotopic (exact) mass is 230 g/mol. The van der Waals surface area contributed by atoms with Crippen LogP contribution >= 0.6 is 0 Å². The van der Waals surface area contributed by atoms with Crippen LogP contribution in [0, 0.1) is 11.8 Å². The van der Waals surface area contributed by atoms with Crippen molar-refractivity contribution in [1.82, 2.24) is 0 Å². The number of carbonyl (C=O) groups excluding carboxylic acids is 2. The Morgan fingerprint density at radius 3 is 2.19 bits per heavy atom. The van der Waals surface area contributed by atoms with Gasteiger partial charge >= 0.3 is 11.9 Å². The third-order valence-electron chi connectivity index (χ3n) is 2.79. The van der Waals surface area contributed by atoms with Crippen LogP contribution in [0.2, 0.25) is 0 Å². The van der Waals surface area contributed by atoms with Gasteiger partial charge in [0.15, 0.2) is 6.10 Å². The maximum atomic E-state index is 11.0. The maximum Gasteiger partial charge on any atom is 0.305 e. The fourth-order valence-corrected chi connectivity index (χ4v) is 1.68. The molecule has 0 aromatic carbocycles. The summed E-state index contributed by atoms with van der Waals surface area (Å²) in [6, 6.07) is 0. The summed E-state index contributed by atoms with van der Waals surface area (Å²) in [5, 5.41) is 0. The normalized spacial score (nSPS) is 34.2. The van der Waals surface area contributed by atoms with Crippen LogP contribution in [0.15, 0.2) is 0 Å². The zero-order valence-corrected chi connectivity index (χ0v) is 10.1. The van der Waals surface area contributed by atoms with E-state index in [0.717, 1.165) is 0 Å². The summed E-state index contributed by atoms with van der Waals surface area (Å²) in [5.41, 5.74) is 0. The summed E-state index contributed by atoms with van der Waals surface area (Å²) < 4.78 is 15.5. The van der Waals surface area contributed by atoms with E-state index >= 15 is 0 Å². The fraction of sp³-hybridized carbons (Fsp3) is 0.818. The molecule has 0 amide bonds. The van der Waals surface area contributed by atoms with Crippen molar-refractivity contribution in [2.24, 2.45) is 11.8 Å². The summed E-state index contributed by atoms with van der Waals surface area (Å²) >= 11 is 0. The van der Waals surface area contributed by atoms with Crippen LogP contribution in [-0.2, 0) is 23.8 Å². The molecule has 0 N–H and O–H groups in total. The summed E-state index contributed by atoms with van der Waals surface area (Å²) in [5.74, 6) is -0.478. The summed E-state index contributed by atoms with van der Waals surface area (Å²) in [6.07, 6.45) is -1.31. The minimum atomic E-state index is -0.785. The Balaban J connectivity index is 2.72. The molecule has 5 heteroatoms. The first-order chi connectivity index (χ1) is 7.41. The minimum Gasteiger partial charge on any atom is -0.456 e. The van der Waals surface area contributed by atoms with Crippen LogP contribution in [0.25, 0.3) is 0 Å². The first-order valence-corrected chi connectivity index (χ1v) is 5.38. The predicted molar refractivity (Wildman–Crippen MR) is 55.4 cm³/mol. The van der Waals surface area contributed by atoms with Gasteiger partial charge in [0.1, 0.15) is 0 Å². The maximum absolute atomic E-state index is 11.0. The molecule has 4 atom stereocenters. The molecule has 0 radical (unpaired) electrons. The molecule has 0 spiro atoms. The van der Waals surface area contributed by atoms with E-state index in [2.05, 4.69) is 0 Å². The second-order valence-corrected chi connectivity index (χ2v) is 4.22. The lowest BCUT2D eigenvalue weighted by molar-refractivity contribution is -0.244. The quantitative estimate of drug-likeness (QED) is 0.665. The fourth-order valence-electron chi connectivity index (χ4n) is 1.68. The highest BCUT2D eigenvalue weighted by atomic mass is 16.7. The molecule has 92 valence electrons. The molecule has 16 heavy (non-hydrogen) atoms. The molecule has 0 unspecified atom stereocenters. The van der Waals surface area contributed by atoms with Crippen molar-refractivity contribution in [1.29, 1.82) is 0 Å².